The number of carbonyl (C=O) groups is 2. The summed E-state index contributed by atoms with van der Waals surface area (Å²) in [5.41, 5.74) is 0.356. The zero-order valence-corrected chi connectivity index (χ0v) is 17.5. The number of aromatic nitrogens is 1. The number of carboxylic acid groups (broad SMARTS) is 1. The molecular weight excluding hydrogens is 445 g/mol. The molecule has 0 aliphatic heterocycles. The van der Waals surface area contributed by atoms with Crippen LogP contribution in [0.5, 0.6) is 0 Å². The monoisotopic (exact) mass is 460 g/mol. The van der Waals surface area contributed by atoms with E-state index in [1.807, 2.05) is 19.1 Å². The summed E-state index contributed by atoms with van der Waals surface area (Å²) in [5.74, 6) is -2.55. The Kier molecular flexibility index (Phi) is 5.25. The summed E-state index contributed by atoms with van der Waals surface area (Å²) in [5, 5.41) is 13.2. The molecule has 0 radical (unpaired) electrons. The second-order valence-corrected chi connectivity index (χ2v) is 8.00. The van der Waals surface area contributed by atoms with E-state index in [9.17, 15) is 27.9 Å². The van der Waals surface area contributed by atoms with Gasteiger partial charge in [0.05, 0.1) is 21.5 Å². The summed E-state index contributed by atoms with van der Waals surface area (Å²) in [7, 11) is 0. The van der Waals surface area contributed by atoms with Crippen molar-refractivity contribution in [3.05, 3.63) is 69.9 Å². The molecule has 4 aromatic rings. The largest absolute Gasteiger partial charge is 0.478 e. The number of aromatic carboxylic acids is 1. The number of benzene rings is 1. The second kappa shape index (κ2) is 7.79. The van der Waals surface area contributed by atoms with Gasteiger partial charge in [-0.3, -0.25) is 4.79 Å². The molecule has 0 saturated heterocycles. The van der Waals surface area contributed by atoms with Crippen LogP contribution in [0.2, 0.25) is 0 Å². The first-order chi connectivity index (χ1) is 15.0. The highest BCUT2D eigenvalue weighted by Crippen LogP contribution is 2.38. The average Bonchev–Trinajstić information content (AvgIpc) is 3.31. The Morgan fingerprint density at radius 2 is 1.81 bits per heavy atom. The van der Waals surface area contributed by atoms with E-state index in [2.05, 4.69) is 10.3 Å². The Morgan fingerprint density at radius 3 is 2.44 bits per heavy atom. The van der Waals surface area contributed by atoms with Crippen LogP contribution in [0.15, 0.2) is 46.2 Å². The van der Waals surface area contributed by atoms with Gasteiger partial charge in [0, 0.05) is 11.1 Å². The van der Waals surface area contributed by atoms with Crippen LogP contribution >= 0.6 is 11.3 Å². The Hall–Kier alpha value is -3.66. The second-order valence-electron chi connectivity index (χ2n) is 7.12. The Bertz CT molecular complexity index is 1350. The van der Waals surface area contributed by atoms with Crippen LogP contribution in [0.3, 0.4) is 0 Å². The van der Waals surface area contributed by atoms with Crippen LogP contribution in [0.4, 0.5) is 18.9 Å². The van der Waals surface area contributed by atoms with Crippen molar-refractivity contribution < 1.29 is 32.3 Å². The minimum Gasteiger partial charge on any atom is -0.478 e. The zero-order valence-electron chi connectivity index (χ0n) is 16.7. The number of pyridine rings is 1. The van der Waals surface area contributed by atoms with E-state index < -0.39 is 29.4 Å². The maximum absolute atomic E-state index is 13.4. The fraction of sp³-hybridized carbons (Fsp3) is 0.136. The number of halogens is 3. The summed E-state index contributed by atoms with van der Waals surface area (Å²) >= 11 is 1.13. The summed E-state index contributed by atoms with van der Waals surface area (Å²) in [6, 6.07) is 9.03. The van der Waals surface area contributed by atoms with Crippen LogP contribution in [0.1, 0.15) is 37.7 Å². The maximum atomic E-state index is 13.4. The molecule has 0 spiro atoms. The lowest BCUT2D eigenvalue weighted by molar-refractivity contribution is -0.136. The highest BCUT2D eigenvalue weighted by Gasteiger charge is 2.35. The molecule has 3 heterocycles. The molecule has 10 heteroatoms. The maximum Gasteiger partial charge on any atom is 0.417 e. The van der Waals surface area contributed by atoms with Crippen LogP contribution in [-0.4, -0.2) is 22.0 Å². The average molecular weight is 460 g/mol. The molecule has 0 unspecified atom stereocenters. The molecule has 2 N–H and O–H groups in total. The van der Waals surface area contributed by atoms with E-state index in [0.717, 1.165) is 29.0 Å². The molecule has 164 valence electrons. The van der Waals surface area contributed by atoms with E-state index in [4.69, 9.17) is 4.42 Å². The van der Waals surface area contributed by atoms with Crippen molar-refractivity contribution in [3.63, 3.8) is 0 Å². The lowest BCUT2D eigenvalue weighted by Crippen LogP contribution is -2.13. The van der Waals surface area contributed by atoms with E-state index in [1.54, 1.807) is 12.1 Å². The molecule has 0 aliphatic carbocycles. The smallest absolute Gasteiger partial charge is 0.417 e. The summed E-state index contributed by atoms with van der Waals surface area (Å²) < 4.78 is 45.3. The van der Waals surface area contributed by atoms with Crippen molar-refractivity contribution >= 4 is 40.0 Å². The van der Waals surface area contributed by atoms with Gasteiger partial charge in [-0.1, -0.05) is 29.8 Å². The molecular formula is C22H15F3N2O4S. The van der Waals surface area contributed by atoms with Crippen molar-refractivity contribution in [1.29, 1.82) is 0 Å². The van der Waals surface area contributed by atoms with Gasteiger partial charge in [0.1, 0.15) is 5.56 Å². The molecule has 0 bridgehead atoms. The van der Waals surface area contributed by atoms with Crippen molar-refractivity contribution in [3.8, 4) is 10.4 Å². The lowest BCUT2D eigenvalue weighted by Gasteiger charge is -2.07. The number of nitrogens with zero attached hydrogens (tertiary/aromatic N) is 1. The fourth-order valence-corrected chi connectivity index (χ4v) is 4.25. The first kappa shape index (κ1) is 21.6. The van der Waals surface area contributed by atoms with Gasteiger partial charge in [0.2, 0.25) is 5.71 Å². The Balaban J connectivity index is 1.71. The third-order valence-corrected chi connectivity index (χ3v) is 5.76. The normalized spacial score (nSPS) is 11.7. The fourth-order valence-electron chi connectivity index (χ4n) is 3.25. The van der Waals surface area contributed by atoms with Crippen LogP contribution in [0, 0.1) is 13.8 Å². The van der Waals surface area contributed by atoms with Gasteiger partial charge >= 0.3 is 12.1 Å². The quantitative estimate of drug-likeness (QED) is 0.382. The Labute approximate surface area is 183 Å². The minimum absolute atomic E-state index is 0.0173. The molecule has 6 nitrogen and oxygen atoms in total. The number of nitrogens with one attached hydrogen (secondary N) is 1. The number of aryl methyl sites for hydroxylation is 2. The SMILES string of the molecule is Cc1ccc(-c2scc(NC(=O)c3cc4c(C(F)(F)F)cc(C)nc4o3)c2C(=O)O)cc1. The number of furan rings is 1. The van der Waals surface area contributed by atoms with Crippen molar-refractivity contribution in [2.45, 2.75) is 20.0 Å². The van der Waals surface area contributed by atoms with Crippen LogP contribution < -0.4 is 5.32 Å². The predicted molar refractivity (Wildman–Crippen MR) is 113 cm³/mol. The molecule has 0 aliphatic rings. The van der Waals surface area contributed by atoms with Gasteiger partial charge in [0.25, 0.3) is 5.91 Å². The van der Waals surface area contributed by atoms with E-state index in [0.29, 0.717) is 10.4 Å². The number of thiophene rings is 1. The first-order valence-electron chi connectivity index (χ1n) is 9.26. The number of hydrogen-bond acceptors (Lipinski definition) is 5. The number of rotatable bonds is 4. The predicted octanol–water partition coefficient (Wildman–Crippen LogP) is 6.14. The number of carbonyl (C=O) groups excluding carboxylic acids is 1. The summed E-state index contributed by atoms with van der Waals surface area (Å²) in [6.45, 7) is 3.28. The summed E-state index contributed by atoms with van der Waals surface area (Å²) in [4.78, 5) is 28.9. The molecule has 0 fully saturated rings. The van der Waals surface area contributed by atoms with Gasteiger partial charge < -0.3 is 14.8 Å². The number of anilines is 1. The van der Waals surface area contributed by atoms with Gasteiger partial charge in [-0.15, -0.1) is 11.3 Å². The van der Waals surface area contributed by atoms with Gasteiger partial charge in [-0.05, 0) is 31.5 Å². The molecule has 0 atom stereocenters. The van der Waals surface area contributed by atoms with E-state index in [1.165, 1.54) is 12.3 Å². The molecule has 32 heavy (non-hydrogen) atoms. The van der Waals surface area contributed by atoms with E-state index in [-0.39, 0.29) is 28.0 Å². The third kappa shape index (κ3) is 3.96. The minimum atomic E-state index is -4.66. The van der Waals surface area contributed by atoms with Crippen molar-refractivity contribution in [1.82, 2.24) is 4.98 Å². The molecule has 3 aromatic heterocycles. The standard InChI is InChI=1S/C22H15F3N2O4S/c1-10-3-5-12(6-4-10)18-17(21(29)30)15(9-32-18)27-19(28)16-8-13-14(22(23,24)25)7-11(2)26-20(13)31-16/h3-9H,1-2H3,(H,27,28)(H,29,30). The van der Waals surface area contributed by atoms with E-state index >= 15 is 0 Å². The van der Waals surface area contributed by atoms with Gasteiger partial charge in [-0.2, -0.15) is 13.2 Å². The molecule has 1 aromatic carbocycles. The van der Waals surface area contributed by atoms with Gasteiger partial charge in [-0.25, -0.2) is 9.78 Å². The zero-order chi connectivity index (χ0) is 23.2. The van der Waals surface area contributed by atoms with Crippen LogP contribution in [-0.2, 0) is 6.18 Å². The molecule has 0 saturated carbocycles. The summed E-state index contributed by atoms with van der Waals surface area (Å²) in [6.07, 6.45) is -4.66. The number of alkyl halides is 3. The van der Waals surface area contributed by atoms with Crippen molar-refractivity contribution in [2.75, 3.05) is 5.32 Å². The van der Waals surface area contributed by atoms with Gasteiger partial charge in [0.15, 0.2) is 5.76 Å². The topological polar surface area (TPSA) is 92.4 Å². The number of fused-ring (bicyclic) bond motifs is 1. The molecule has 1 amide bonds. The Morgan fingerprint density at radius 1 is 1.12 bits per heavy atom. The van der Waals surface area contributed by atoms with Crippen molar-refractivity contribution in [2.24, 2.45) is 0 Å². The first-order valence-corrected chi connectivity index (χ1v) is 10.1. The third-order valence-electron chi connectivity index (χ3n) is 4.73. The number of amides is 1. The van der Waals surface area contributed by atoms with Crippen LogP contribution in [0.25, 0.3) is 21.5 Å². The number of carboxylic acids is 1. The molecule has 4 rings (SSSR count). The highest BCUT2D eigenvalue weighted by atomic mass is 32.1. The number of hydrogen-bond donors (Lipinski definition) is 2. The highest BCUT2D eigenvalue weighted by molar-refractivity contribution is 7.14. The lowest BCUT2D eigenvalue weighted by atomic mass is 10.1.